The van der Waals surface area contributed by atoms with Gasteiger partial charge in [0, 0.05) is 48.6 Å². The highest BCUT2D eigenvalue weighted by atomic mass is 32.2. The molecule has 7 nitrogen and oxygen atoms in total. The van der Waals surface area contributed by atoms with Crippen molar-refractivity contribution in [3.8, 4) is 17.6 Å². The lowest BCUT2D eigenvalue weighted by Crippen LogP contribution is -2.49. The number of pyridine rings is 1. The van der Waals surface area contributed by atoms with Crippen LogP contribution in [0, 0.1) is 17.8 Å². The molecule has 1 aliphatic rings. The van der Waals surface area contributed by atoms with E-state index in [1.165, 1.54) is 4.31 Å². The van der Waals surface area contributed by atoms with Crippen LogP contribution in [0.2, 0.25) is 0 Å². The maximum absolute atomic E-state index is 13.5. The van der Waals surface area contributed by atoms with Gasteiger partial charge < -0.3 is 14.7 Å². The van der Waals surface area contributed by atoms with E-state index >= 15 is 0 Å². The number of aliphatic hydroxyl groups excluding tert-OH is 1. The Morgan fingerprint density at radius 2 is 2.06 bits per heavy atom. The Morgan fingerprint density at radius 3 is 2.73 bits per heavy atom. The van der Waals surface area contributed by atoms with Crippen LogP contribution >= 0.6 is 0 Å². The van der Waals surface area contributed by atoms with Crippen molar-refractivity contribution in [3.63, 3.8) is 0 Å². The summed E-state index contributed by atoms with van der Waals surface area (Å²) in [4.78, 5) is 6.36. The molecule has 1 aromatic heterocycles. The van der Waals surface area contributed by atoms with Crippen molar-refractivity contribution in [2.24, 2.45) is 5.92 Å². The molecule has 1 N–H and O–H groups in total. The Bertz CT molecular complexity index is 1100. The summed E-state index contributed by atoms with van der Waals surface area (Å²) < 4.78 is 34.8. The molecule has 1 aromatic carbocycles. The Hall–Kier alpha value is -2.44. The smallest absolute Gasteiger partial charge is 0.247 e. The number of aromatic nitrogens is 1. The molecule has 0 unspecified atom stereocenters. The molecular weight excluding hydrogens is 438 g/mol. The van der Waals surface area contributed by atoms with E-state index in [9.17, 15) is 13.5 Å². The first-order chi connectivity index (χ1) is 15.8. The zero-order valence-corrected chi connectivity index (χ0v) is 20.5. The number of likely N-dealkylation sites (N-methyl/N-ethyl adjacent to an activating group) is 1. The van der Waals surface area contributed by atoms with Gasteiger partial charge in [-0.3, -0.25) is 4.98 Å². The zero-order valence-electron chi connectivity index (χ0n) is 19.7. The molecule has 3 rings (SSSR count). The van der Waals surface area contributed by atoms with Gasteiger partial charge in [0.2, 0.25) is 10.0 Å². The van der Waals surface area contributed by atoms with E-state index in [-0.39, 0.29) is 30.1 Å². The number of sulfonamides is 1. The third-order valence-electron chi connectivity index (χ3n) is 5.78. The lowest BCUT2D eigenvalue weighted by molar-refractivity contribution is 0.0752. The zero-order chi connectivity index (χ0) is 24.0. The van der Waals surface area contributed by atoms with Crippen LogP contribution in [0.5, 0.6) is 5.75 Å². The molecule has 33 heavy (non-hydrogen) atoms. The average molecular weight is 472 g/mol. The van der Waals surface area contributed by atoms with Gasteiger partial charge in [0.05, 0.1) is 6.61 Å². The summed E-state index contributed by atoms with van der Waals surface area (Å²) in [6.07, 6.45) is 4.16. The molecule has 0 radical (unpaired) electrons. The SMILES string of the molecule is CCCN(C)C[C@@H]1Oc2cc(C#Cc3cccnc3)ccc2S(=O)(=O)N([C@@H](C)CO)C[C@@H]1C. The minimum Gasteiger partial charge on any atom is -0.487 e. The third-order valence-corrected chi connectivity index (χ3v) is 7.80. The first-order valence-corrected chi connectivity index (χ1v) is 12.7. The largest absolute Gasteiger partial charge is 0.487 e. The number of aliphatic hydroxyl groups is 1. The van der Waals surface area contributed by atoms with Gasteiger partial charge in [-0.05, 0) is 57.3 Å². The molecule has 8 heteroatoms. The van der Waals surface area contributed by atoms with Crippen LogP contribution in [-0.2, 0) is 10.0 Å². The standard InChI is InChI=1S/C25H33N3O4S/c1-5-13-27(4)17-24-19(2)16-28(20(3)18-29)33(30,31)25-11-10-21(14-23(25)32-24)8-9-22-7-6-12-26-15-22/h6-7,10-12,14-15,19-20,24,29H,5,13,16-18H2,1-4H3/t19-,20-,24-/m0/s1. The molecule has 0 saturated carbocycles. The second kappa shape index (κ2) is 11.1. The number of rotatable bonds is 6. The molecular formula is C25H33N3O4S. The fourth-order valence-corrected chi connectivity index (χ4v) is 5.71. The normalized spacial score (nSPS) is 21.2. The van der Waals surface area contributed by atoms with Crippen molar-refractivity contribution in [1.82, 2.24) is 14.2 Å². The van der Waals surface area contributed by atoms with Gasteiger partial charge in [-0.2, -0.15) is 4.31 Å². The summed E-state index contributed by atoms with van der Waals surface area (Å²) in [6, 6.07) is 8.08. The van der Waals surface area contributed by atoms with Crippen LogP contribution in [0.3, 0.4) is 0 Å². The van der Waals surface area contributed by atoms with E-state index in [0.717, 1.165) is 18.5 Å². The number of benzene rings is 1. The Morgan fingerprint density at radius 1 is 1.30 bits per heavy atom. The van der Waals surface area contributed by atoms with Crippen LogP contribution < -0.4 is 4.74 Å². The topological polar surface area (TPSA) is 83.0 Å². The van der Waals surface area contributed by atoms with Crippen molar-refractivity contribution in [2.75, 3.05) is 33.3 Å². The highest BCUT2D eigenvalue weighted by Gasteiger charge is 2.38. The summed E-state index contributed by atoms with van der Waals surface area (Å²) in [5.41, 5.74) is 1.43. The van der Waals surface area contributed by atoms with E-state index in [4.69, 9.17) is 4.74 Å². The van der Waals surface area contributed by atoms with E-state index in [2.05, 4.69) is 28.6 Å². The quantitative estimate of drug-likeness (QED) is 0.652. The number of nitrogens with zero attached hydrogens (tertiary/aromatic N) is 3. The molecule has 0 amide bonds. The van der Waals surface area contributed by atoms with Gasteiger partial charge in [0.25, 0.3) is 0 Å². The second-order valence-corrected chi connectivity index (χ2v) is 10.5. The van der Waals surface area contributed by atoms with Crippen LogP contribution in [-0.4, -0.2) is 73.1 Å². The van der Waals surface area contributed by atoms with Crippen molar-refractivity contribution >= 4 is 10.0 Å². The van der Waals surface area contributed by atoms with Crippen LogP contribution in [0.15, 0.2) is 47.6 Å². The Labute approximate surface area is 197 Å². The van der Waals surface area contributed by atoms with E-state index in [1.807, 2.05) is 26.1 Å². The van der Waals surface area contributed by atoms with E-state index in [0.29, 0.717) is 17.9 Å². The molecule has 0 fully saturated rings. The van der Waals surface area contributed by atoms with Gasteiger partial charge in [0.15, 0.2) is 0 Å². The van der Waals surface area contributed by atoms with Crippen molar-refractivity contribution in [1.29, 1.82) is 0 Å². The van der Waals surface area contributed by atoms with Gasteiger partial charge in [-0.15, -0.1) is 0 Å². The van der Waals surface area contributed by atoms with Crippen molar-refractivity contribution < 1.29 is 18.3 Å². The van der Waals surface area contributed by atoms with Gasteiger partial charge in [0.1, 0.15) is 16.7 Å². The summed E-state index contributed by atoms with van der Waals surface area (Å²) >= 11 is 0. The molecule has 3 atom stereocenters. The number of ether oxygens (including phenoxy) is 1. The Kier molecular flexibility index (Phi) is 8.49. The fraction of sp³-hybridized carbons (Fsp3) is 0.480. The van der Waals surface area contributed by atoms with Crippen LogP contribution in [0.4, 0.5) is 0 Å². The molecule has 0 aliphatic carbocycles. The Balaban J connectivity index is 2.05. The average Bonchev–Trinajstić information content (AvgIpc) is 2.80. The molecule has 1 aliphatic heterocycles. The third kappa shape index (κ3) is 6.12. The molecule has 2 heterocycles. The minimum absolute atomic E-state index is 0.0774. The summed E-state index contributed by atoms with van der Waals surface area (Å²) in [7, 11) is -1.81. The monoisotopic (exact) mass is 471 g/mol. The molecule has 178 valence electrons. The first kappa shape index (κ1) is 25.2. The highest BCUT2D eigenvalue weighted by Crippen LogP contribution is 2.34. The number of hydrogen-bond donors (Lipinski definition) is 1. The molecule has 0 spiro atoms. The van der Waals surface area contributed by atoms with E-state index in [1.54, 1.807) is 37.5 Å². The van der Waals surface area contributed by atoms with Gasteiger partial charge in [-0.25, -0.2) is 8.42 Å². The second-order valence-electron chi connectivity index (χ2n) is 8.66. The molecule has 0 bridgehead atoms. The highest BCUT2D eigenvalue weighted by molar-refractivity contribution is 7.89. The van der Waals surface area contributed by atoms with Crippen molar-refractivity contribution in [2.45, 2.75) is 44.2 Å². The predicted molar refractivity (Wildman–Crippen MR) is 128 cm³/mol. The van der Waals surface area contributed by atoms with Gasteiger partial charge >= 0.3 is 0 Å². The lowest BCUT2D eigenvalue weighted by atomic mass is 10.0. The minimum atomic E-state index is -3.86. The first-order valence-electron chi connectivity index (χ1n) is 11.3. The lowest BCUT2D eigenvalue weighted by Gasteiger charge is -2.37. The summed E-state index contributed by atoms with van der Waals surface area (Å²) in [5.74, 6) is 6.35. The summed E-state index contributed by atoms with van der Waals surface area (Å²) in [6.45, 7) is 7.45. The predicted octanol–water partition coefficient (Wildman–Crippen LogP) is 2.59. The molecule has 0 saturated heterocycles. The number of fused-ring (bicyclic) bond motifs is 1. The summed E-state index contributed by atoms with van der Waals surface area (Å²) in [5, 5.41) is 9.75. The van der Waals surface area contributed by atoms with Crippen molar-refractivity contribution in [3.05, 3.63) is 53.9 Å². The maximum atomic E-state index is 13.5. The number of hydrogen-bond acceptors (Lipinski definition) is 6. The van der Waals surface area contributed by atoms with E-state index < -0.39 is 16.1 Å². The fourth-order valence-electron chi connectivity index (χ4n) is 3.88. The maximum Gasteiger partial charge on any atom is 0.247 e. The molecule has 2 aromatic rings. The van der Waals surface area contributed by atoms with Gasteiger partial charge in [-0.1, -0.05) is 25.7 Å². The van der Waals surface area contributed by atoms with Crippen LogP contribution in [0.1, 0.15) is 38.3 Å². The van der Waals surface area contributed by atoms with Crippen LogP contribution in [0.25, 0.3) is 0 Å².